The summed E-state index contributed by atoms with van der Waals surface area (Å²) in [6.07, 6.45) is -0.00414. The predicted octanol–water partition coefficient (Wildman–Crippen LogP) is 1.96. The molecule has 0 aromatic carbocycles. The minimum atomic E-state index is -0.849. The fourth-order valence-corrected chi connectivity index (χ4v) is 0.942. The molecule has 0 aliphatic carbocycles. The molecule has 0 aromatic rings. The molecule has 0 saturated carbocycles. The summed E-state index contributed by atoms with van der Waals surface area (Å²) in [5.41, 5.74) is -0.524. The Morgan fingerprint density at radius 1 is 1.38 bits per heavy atom. The summed E-state index contributed by atoms with van der Waals surface area (Å²) in [6.45, 7) is 7.36. The van der Waals surface area contributed by atoms with Crippen molar-refractivity contribution in [3.63, 3.8) is 0 Å². The highest BCUT2D eigenvalue weighted by atomic mass is 16.6. The molecule has 0 fully saturated rings. The van der Waals surface area contributed by atoms with E-state index in [0.717, 1.165) is 0 Å². The lowest BCUT2D eigenvalue weighted by Gasteiger charge is -2.25. The number of ether oxygens (including phenoxy) is 1. The van der Waals surface area contributed by atoms with Gasteiger partial charge >= 0.3 is 12.1 Å². The van der Waals surface area contributed by atoms with Crippen LogP contribution >= 0.6 is 0 Å². The normalized spacial score (nSPS) is 13.1. The van der Waals surface area contributed by atoms with Crippen LogP contribution in [-0.2, 0) is 9.53 Å². The minimum absolute atomic E-state index is 0.377. The Morgan fingerprint density at radius 3 is 2.25 bits per heavy atom. The van der Waals surface area contributed by atoms with Gasteiger partial charge in [0.15, 0.2) is 0 Å². The highest BCUT2D eigenvalue weighted by Gasteiger charge is 2.20. The highest BCUT2D eigenvalue weighted by Crippen LogP contribution is 2.10. The van der Waals surface area contributed by atoms with Crippen molar-refractivity contribution in [1.29, 1.82) is 0 Å². The number of hydrogen-bond donors (Lipinski definition) is 1. The van der Waals surface area contributed by atoms with Crippen LogP contribution in [0.3, 0.4) is 0 Å². The zero-order valence-corrected chi connectivity index (χ0v) is 10.6. The maximum atomic E-state index is 11.5. The van der Waals surface area contributed by atoms with Gasteiger partial charge in [-0.2, -0.15) is 0 Å². The second-order valence-corrected chi connectivity index (χ2v) is 4.93. The van der Waals surface area contributed by atoms with Gasteiger partial charge in [-0.25, -0.2) is 4.79 Å². The average Bonchev–Trinajstić information content (AvgIpc) is 2.10. The van der Waals surface area contributed by atoms with Gasteiger partial charge in [-0.1, -0.05) is 6.92 Å². The fourth-order valence-electron chi connectivity index (χ4n) is 0.942. The summed E-state index contributed by atoms with van der Waals surface area (Å²) in [7, 11) is 1.60. The molecule has 0 heterocycles. The number of aliphatic carboxylic acids is 1. The molecule has 16 heavy (non-hydrogen) atoms. The van der Waals surface area contributed by atoms with Crippen molar-refractivity contribution in [2.45, 2.75) is 39.7 Å². The molecule has 0 radical (unpaired) electrons. The van der Waals surface area contributed by atoms with E-state index in [1.807, 2.05) is 0 Å². The summed E-state index contributed by atoms with van der Waals surface area (Å²) < 4.78 is 5.13. The average molecular weight is 231 g/mol. The molecular formula is C11H21NO4. The Hall–Kier alpha value is -1.26. The molecule has 0 aliphatic rings. The topological polar surface area (TPSA) is 66.8 Å². The van der Waals surface area contributed by atoms with E-state index in [2.05, 4.69) is 0 Å². The van der Waals surface area contributed by atoms with Crippen LogP contribution in [0.5, 0.6) is 0 Å². The van der Waals surface area contributed by atoms with Gasteiger partial charge in [0.1, 0.15) is 5.60 Å². The van der Waals surface area contributed by atoms with E-state index in [1.54, 1.807) is 34.7 Å². The monoisotopic (exact) mass is 231 g/mol. The molecule has 1 amide bonds. The molecule has 0 rings (SSSR count). The zero-order valence-electron chi connectivity index (χ0n) is 10.6. The molecule has 0 spiro atoms. The SMILES string of the molecule is C[C@H](CCN(C)C(=O)OC(C)(C)C)C(=O)O. The third-order valence-electron chi connectivity index (χ3n) is 2.02. The van der Waals surface area contributed by atoms with E-state index in [1.165, 1.54) is 4.90 Å². The maximum Gasteiger partial charge on any atom is 0.410 e. The van der Waals surface area contributed by atoms with E-state index in [-0.39, 0.29) is 0 Å². The maximum absolute atomic E-state index is 11.5. The first-order chi connectivity index (χ1) is 7.13. The van der Waals surface area contributed by atoms with Crippen LogP contribution in [0.1, 0.15) is 34.1 Å². The Balaban J connectivity index is 4.02. The van der Waals surface area contributed by atoms with E-state index >= 15 is 0 Å². The molecule has 0 aromatic heterocycles. The molecule has 0 saturated heterocycles. The molecule has 0 bridgehead atoms. The van der Waals surface area contributed by atoms with Crippen LogP contribution in [0.4, 0.5) is 4.79 Å². The van der Waals surface area contributed by atoms with Crippen molar-refractivity contribution in [2.75, 3.05) is 13.6 Å². The molecular weight excluding hydrogens is 210 g/mol. The van der Waals surface area contributed by atoms with Crippen molar-refractivity contribution in [2.24, 2.45) is 5.92 Å². The Kier molecular flexibility index (Phi) is 5.27. The summed E-state index contributed by atoms with van der Waals surface area (Å²) in [6, 6.07) is 0. The first-order valence-electron chi connectivity index (χ1n) is 5.30. The van der Waals surface area contributed by atoms with Crippen LogP contribution < -0.4 is 0 Å². The summed E-state index contributed by atoms with van der Waals surface area (Å²) in [5, 5.41) is 8.69. The Morgan fingerprint density at radius 2 is 1.88 bits per heavy atom. The lowest BCUT2D eigenvalue weighted by atomic mass is 10.1. The molecule has 0 unspecified atom stereocenters. The molecule has 0 aliphatic heterocycles. The van der Waals surface area contributed by atoms with Gasteiger partial charge in [0.2, 0.25) is 0 Å². The van der Waals surface area contributed by atoms with Crippen LogP contribution in [0, 0.1) is 5.92 Å². The Bertz CT molecular complexity index is 257. The van der Waals surface area contributed by atoms with Crippen molar-refractivity contribution >= 4 is 12.1 Å². The standard InChI is InChI=1S/C11H21NO4/c1-8(9(13)14)6-7-12(5)10(15)16-11(2,3)4/h8H,6-7H2,1-5H3,(H,13,14)/t8-/m1/s1. The van der Waals surface area contributed by atoms with Crippen LogP contribution in [0.25, 0.3) is 0 Å². The van der Waals surface area contributed by atoms with Crippen molar-refractivity contribution in [1.82, 2.24) is 4.90 Å². The number of carboxylic acid groups (broad SMARTS) is 1. The molecule has 1 N–H and O–H groups in total. The van der Waals surface area contributed by atoms with Gasteiger partial charge in [-0.15, -0.1) is 0 Å². The second kappa shape index (κ2) is 5.72. The molecule has 5 heteroatoms. The lowest BCUT2D eigenvalue weighted by molar-refractivity contribution is -0.141. The van der Waals surface area contributed by atoms with Crippen LogP contribution in [-0.4, -0.2) is 41.3 Å². The van der Waals surface area contributed by atoms with Crippen molar-refractivity contribution < 1.29 is 19.4 Å². The summed E-state index contributed by atoms with van der Waals surface area (Å²) >= 11 is 0. The molecule has 94 valence electrons. The zero-order chi connectivity index (χ0) is 12.9. The number of carboxylic acids is 1. The third kappa shape index (κ3) is 6.27. The van der Waals surface area contributed by atoms with Gasteiger partial charge in [-0.05, 0) is 27.2 Å². The Labute approximate surface area is 96.4 Å². The quantitative estimate of drug-likeness (QED) is 0.803. The van der Waals surface area contributed by atoms with Gasteiger partial charge in [-0.3, -0.25) is 4.79 Å². The number of carbonyl (C=O) groups excluding carboxylic acids is 1. The number of nitrogens with zero attached hydrogens (tertiary/aromatic N) is 1. The van der Waals surface area contributed by atoms with Crippen LogP contribution in [0.15, 0.2) is 0 Å². The fraction of sp³-hybridized carbons (Fsp3) is 0.818. The number of carbonyl (C=O) groups is 2. The number of amides is 1. The number of rotatable bonds is 4. The van der Waals surface area contributed by atoms with Crippen LogP contribution in [0.2, 0.25) is 0 Å². The van der Waals surface area contributed by atoms with Crippen molar-refractivity contribution in [3.05, 3.63) is 0 Å². The smallest absolute Gasteiger partial charge is 0.410 e. The lowest BCUT2D eigenvalue weighted by Crippen LogP contribution is -2.35. The van der Waals surface area contributed by atoms with Gasteiger partial charge in [0.05, 0.1) is 5.92 Å². The highest BCUT2D eigenvalue weighted by molar-refractivity contribution is 5.70. The third-order valence-corrected chi connectivity index (χ3v) is 2.02. The van der Waals surface area contributed by atoms with E-state index < -0.39 is 23.6 Å². The minimum Gasteiger partial charge on any atom is -0.481 e. The first-order valence-corrected chi connectivity index (χ1v) is 5.30. The molecule has 1 atom stereocenters. The second-order valence-electron chi connectivity index (χ2n) is 4.93. The molecule has 5 nitrogen and oxygen atoms in total. The summed E-state index contributed by atoms with van der Waals surface area (Å²) in [5.74, 6) is -1.30. The van der Waals surface area contributed by atoms with Gasteiger partial charge < -0.3 is 14.7 Å². The van der Waals surface area contributed by atoms with E-state index in [0.29, 0.717) is 13.0 Å². The van der Waals surface area contributed by atoms with Crippen molar-refractivity contribution in [3.8, 4) is 0 Å². The van der Waals surface area contributed by atoms with Gasteiger partial charge in [0.25, 0.3) is 0 Å². The summed E-state index contributed by atoms with van der Waals surface area (Å²) in [4.78, 5) is 23.5. The number of hydrogen-bond acceptors (Lipinski definition) is 3. The van der Waals surface area contributed by atoms with E-state index in [9.17, 15) is 9.59 Å². The first kappa shape index (κ1) is 14.7. The van der Waals surface area contributed by atoms with Gasteiger partial charge in [0, 0.05) is 13.6 Å². The predicted molar refractivity (Wildman–Crippen MR) is 60.3 cm³/mol. The van der Waals surface area contributed by atoms with E-state index in [4.69, 9.17) is 9.84 Å². The largest absolute Gasteiger partial charge is 0.481 e.